The van der Waals surface area contributed by atoms with Crippen LogP contribution in [0.2, 0.25) is 0 Å². The zero-order valence-corrected chi connectivity index (χ0v) is 16.5. The summed E-state index contributed by atoms with van der Waals surface area (Å²) in [6, 6.07) is 16.8. The molecule has 1 aliphatic heterocycles. The van der Waals surface area contributed by atoms with E-state index in [1.165, 1.54) is 5.56 Å². The molecular weight excluding hydrogens is 332 g/mol. The third-order valence-electron chi connectivity index (χ3n) is 5.67. The Morgan fingerprint density at radius 3 is 2.33 bits per heavy atom. The highest BCUT2D eigenvalue weighted by Gasteiger charge is 2.41. The first-order valence-electron chi connectivity index (χ1n) is 9.82. The third kappa shape index (κ3) is 3.39. The van der Waals surface area contributed by atoms with Gasteiger partial charge in [0.1, 0.15) is 5.78 Å². The van der Waals surface area contributed by atoms with Crippen molar-refractivity contribution in [3.8, 4) is 0 Å². The van der Waals surface area contributed by atoms with Gasteiger partial charge in [0.2, 0.25) is 0 Å². The minimum absolute atomic E-state index is 0.0720. The molecule has 1 heterocycles. The summed E-state index contributed by atoms with van der Waals surface area (Å²) in [7, 11) is 0. The molecule has 2 aromatic carbocycles. The number of anilines is 2. The Hall–Kier alpha value is -2.55. The van der Waals surface area contributed by atoms with Crippen molar-refractivity contribution in [1.82, 2.24) is 0 Å². The molecule has 4 rings (SSSR count). The SMILES string of the molecule is CC(C)c1ccc(C2Nc3ccccc3NC3=CC(C)(C)CC(=O)C32)cc1. The molecule has 0 spiro atoms. The van der Waals surface area contributed by atoms with Crippen molar-refractivity contribution in [3.63, 3.8) is 0 Å². The Balaban J connectivity index is 1.82. The fourth-order valence-corrected chi connectivity index (χ4v) is 4.26. The predicted octanol–water partition coefficient (Wildman–Crippen LogP) is 5.89. The van der Waals surface area contributed by atoms with Gasteiger partial charge >= 0.3 is 0 Å². The van der Waals surface area contributed by atoms with E-state index in [2.05, 4.69) is 80.8 Å². The summed E-state index contributed by atoms with van der Waals surface area (Å²) in [4.78, 5) is 13.2. The number of rotatable bonds is 2. The predicted molar refractivity (Wildman–Crippen MR) is 112 cm³/mol. The lowest BCUT2D eigenvalue weighted by Crippen LogP contribution is -2.36. The zero-order valence-electron chi connectivity index (χ0n) is 16.5. The average Bonchev–Trinajstić information content (AvgIpc) is 2.77. The van der Waals surface area contributed by atoms with Crippen LogP contribution in [-0.2, 0) is 4.79 Å². The van der Waals surface area contributed by atoms with Crippen LogP contribution in [0.4, 0.5) is 11.4 Å². The Morgan fingerprint density at radius 1 is 1.00 bits per heavy atom. The standard InChI is InChI=1S/C24H28N2O/c1-15(2)16-9-11-17(12-10-16)23-22-20(13-24(3,4)14-21(22)27)25-18-7-5-6-8-19(18)26-23/h5-13,15,22-23,25-26H,14H2,1-4H3. The van der Waals surface area contributed by atoms with Gasteiger partial charge < -0.3 is 10.6 Å². The van der Waals surface area contributed by atoms with Gasteiger partial charge in [-0.15, -0.1) is 0 Å². The van der Waals surface area contributed by atoms with Gasteiger partial charge in [0, 0.05) is 12.1 Å². The lowest BCUT2D eigenvalue weighted by molar-refractivity contribution is -0.124. The summed E-state index contributed by atoms with van der Waals surface area (Å²) >= 11 is 0. The highest BCUT2D eigenvalue weighted by molar-refractivity contribution is 5.90. The van der Waals surface area contributed by atoms with Gasteiger partial charge in [-0.25, -0.2) is 0 Å². The van der Waals surface area contributed by atoms with Crippen molar-refractivity contribution >= 4 is 17.2 Å². The molecule has 140 valence electrons. The molecule has 2 atom stereocenters. The first kappa shape index (κ1) is 17.8. The number of ketones is 1. The molecule has 0 bridgehead atoms. The monoisotopic (exact) mass is 360 g/mol. The first-order valence-corrected chi connectivity index (χ1v) is 9.82. The summed E-state index contributed by atoms with van der Waals surface area (Å²) in [5, 5.41) is 7.21. The molecule has 0 radical (unpaired) electrons. The van der Waals surface area contributed by atoms with Gasteiger partial charge in [-0.3, -0.25) is 4.79 Å². The van der Waals surface area contributed by atoms with Crippen LogP contribution < -0.4 is 10.6 Å². The van der Waals surface area contributed by atoms with E-state index in [1.54, 1.807) is 0 Å². The summed E-state index contributed by atoms with van der Waals surface area (Å²) in [5.41, 5.74) is 5.43. The smallest absolute Gasteiger partial charge is 0.145 e. The van der Waals surface area contributed by atoms with Crippen LogP contribution in [0.25, 0.3) is 0 Å². The maximum Gasteiger partial charge on any atom is 0.145 e. The fourth-order valence-electron chi connectivity index (χ4n) is 4.26. The lowest BCUT2D eigenvalue weighted by Gasteiger charge is -2.35. The molecule has 0 saturated carbocycles. The van der Waals surface area contributed by atoms with E-state index in [4.69, 9.17) is 0 Å². The van der Waals surface area contributed by atoms with Crippen molar-refractivity contribution in [2.24, 2.45) is 11.3 Å². The van der Waals surface area contributed by atoms with Gasteiger partial charge in [-0.05, 0) is 34.6 Å². The molecule has 2 N–H and O–H groups in total. The number of Topliss-reactive ketones (excluding diaryl/α,β-unsaturated/α-hetero) is 1. The fraction of sp³-hybridized carbons (Fsp3) is 0.375. The highest BCUT2D eigenvalue weighted by Crippen LogP contribution is 2.45. The summed E-state index contributed by atoms with van der Waals surface area (Å²) < 4.78 is 0. The van der Waals surface area contributed by atoms with Crippen LogP contribution in [0.1, 0.15) is 57.2 Å². The molecule has 0 amide bonds. The summed E-state index contributed by atoms with van der Waals surface area (Å²) in [5.74, 6) is 0.592. The van der Waals surface area contributed by atoms with Crippen LogP contribution in [0.3, 0.4) is 0 Å². The van der Waals surface area contributed by atoms with Crippen molar-refractivity contribution in [1.29, 1.82) is 0 Å². The maximum absolute atomic E-state index is 13.2. The van der Waals surface area contributed by atoms with Gasteiger partial charge in [-0.2, -0.15) is 0 Å². The summed E-state index contributed by atoms with van der Waals surface area (Å²) in [6.45, 7) is 8.66. The quantitative estimate of drug-likeness (QED) is 0.702. The maximum atomic E-state index is 13.2. The van der Waals surface area contributed by atoms with Gasteiger partial charge in [0.25, 0.3) is 0 Å². The van der Waals surface area contributed by atoms with E-state index in [0.29, 0.717) is 18.1 Å². The van der Waals surface area contributed by atoms with Gasteiger partial charge in [0.05, 0.1) is 23.3 Å². The normalized spacial score (nSPS) is 23.4. The number of carbonyl (C=O) groups is 1. The third-order valence-corrected chi connectivity index (χ3v) is 5.67. The second-order valence-electron chi connectivity index (χ2n) is 8.82. The Bertz CT molecular complexity index is 893. The number of para-hydroxylation sites is 2. The van der Waals surface area contributed by atoms with Crippen LogP contribution in [0.15, 0.2) is 60.3 Å². The van der Waals surface area contributed by atoms with E-state index >= 15 is 0 Å². The number of allylic oxidation sites excluding steroid dienone is 1. The van der Waals surface area contributed by atoms with Crippen molar-refractivity contribution in [2.75, 3.05) is 10.6 Å². The number of nitrogens with one attached hydrogen (secondary N) is 2. The second kappa shape index (κ2) is 6.56. The van der Waals surface area contributed by atoms with Crippen molar-refractivity contribution < 1.29 is 4.79 Å². The Labute approximate surface area is 161 Å². The van der Waals surface area contributed by atoms with Crippen LogP contribution in [0.5, 0.6) is 0 Å². The molecule has 2 unspecified atom stereocenters. The van der Waals surface area contributed by atoms with Crippen LogP contribution in [0, 0.1) is 11.3 Å². The van der Waals surface area contributed by atoms with E-state index in [1.807, 2.05) is 12.1 Å². The molecule has 2 aromatic rings. The molecule has 27 heavy (non-hydrogen) atoms. The topological polar surface area (TPSA) is 41.1 Å². The molecule has 1 aliphatic carbocycles. The van der Waals surface area contributed by atoms with E-state index in [9.17, 15) is 4.79 Å². The Morgan fingerprint density at radius 2 is 1.67 bits per heavy atom. The number of fused-ring (bicyclic) bond motifs is 2. The van der Waals surface area contributed by atoms with Crippen LogP contribution >= 0.6 is 0 Å². The van der Waals surface area contributed by atoms with E-state index in [0.717, 1.165) is 22.6 Å². The summed E-state index contributed by atoms with van der Waals surface area (Å²) in [6.07, 6.45) is 2.82. The number of carbonyl (C=O) groups excluding carboxylic acids is 1. The minimum atomic E-state index is -0.199. The second-order valence-corrected chi connectivity index (χ2v) is 8.82. The van der Waals surface area contributed by atoms with Gasteiger partial charge in [0.15, 0.2) is 0 Å². The molecule has 0 aromatic heterocycles. The largest absolute Gasteiger partial charge is 0.375 e. The highest BCUT2D eigenvalue weighted by atomic mass is 16.1. The molecule has 0 saturated heterocycles. The minimum Gasteiger partial charge on any atom is -0.375 e. The number of hydrogen-bond donors (Lipinski definition) is 2. The van der Waals surface area contributed by atoms with Gasteiger partial charge in [-0.1, -0.05) is 70.2 Å². The zero-order chi connectivity index (χ0) is 19.2. The van der Waals surface area contributed by atoms with E-state index in [-0.39, 0.29) is 17.4 Å². The first-order chi connectivity index (χ1) is 12.8. The number of benzene rings is 2. The molecule has 2 aliphatic rings. The molecular formula is C24H28N2O. The molecule has 0 fully saturated rings. The van der Waals surface area contributed by atoms with Crippen LogP contribution in [-0.4, -0.2) is 5.78 Å². The van der Waals surface area contributed by atoms with Crippen molar-refractivity contribution in [3.05, 3.63) is 71.4 Å². The number of hydrogen-bond acceptors (Lipinski definition) is 3. The average molecular weight is 361 g/mol. The molecule has 3 nitrogen and oxygen atoms in total. The Kier molecular flexibility index (Phi) is 4.33. The lowest BCUT2D eigenvalue weighted by atomic mass is 9.72. The van der Waals surface area contributed by atoms with Crippen molar-refractivity contribution in [2.45, 2.75) is 46.1 Å². The molecule has 3 heteroatoms. The van der Waals surface area contributed by atoms with E-state index < -0.39 is 0 Å².